The molecule has 2 rings (SSSR count). The molecular formula is C9H10N4O2. The highest BCUT2D eigenvalue weighted by Gasteiger charge is 2.18. The number of carboxylic acid groups (broad SMARTS) is 1. The Morgan fingerprint density at radius 1 is 1.67 bits per heavy atom. The molecular weight excluding hydrogens is 196 g/mol. The molecule has 4 N–H and O–H groups in total. The molecule has 0 aliphatic heterocycles. The largest absolute Gasteiger partial charge is 0.480 e. The summed E-state index contributed by atoms with van der Waals surface area (Å²) in [5.74, 6) is -0.391. The normalized spacial score (nSPS) is 12.9. The molecule has 0 amide bonds. The maximum absolute atomic E-state index is 10.8. The number of aromatic nitrogens is 3. The van der Waals surface area contributed by atoms with Crippen molar-refractivity contribution in [2.75, 3.05) is 0 Å². The lowest BCUT2D eigenvalue weighted by Gasteiger charge is -2.06. The van der Waals surface area contributed by atoms with Crippen LogP contribution in [0.25, 0.3) is 11.2 Å². The second-order valence-electron chi connectivity index (χ2n) is 3.24. The second kappa shape index (κ2) is 3.32. The van der Waals surface area contributed by atoms with Crippen LogP contribution in [0.1, 0.15) is 17.4 Å². The molecule has 2 aromatic heterocycles. The number of carbonyl (C=O) groups is 1. The van der Waals surface area contributed by atoms with E-state index in [-0.39, 0.29) is 0 Å². The summed E-state index contributed by atoms with van der Waals surface area (Å²) in [6, 6.07) is 0.522. The fourth-order valence-corrected chi connectivity index (χ4v) is 1.44. The minimum atomic E-state index is -1.07. The Hall–Kier alpha value is -1.95. The van der Waals surface area contributed by atoms with Gasteiger partial charge in [-0.1, -0.05) is 0 Å². The van der Waals surface area contributed by atoms with Gasteiger partial charge >= 0.3 is 5.97 Å². The minimum Gasteiger partial charge on any atom is -0.480 e. The zero-order chi connectivity index (χ0) is 11.0. The molecule has 0 fully saturated rings. The maximum atomic E-state index is 10.8. The number of fused-ring (bicyclic) bond motifs is 1. The van der Waals surface area contributed by atoms with Crippen LogP contribution in [0.5, 0.6) is 0 Å². The maximum Gasteiger partial charge on any atom is 0.325 e. The first-order valence-corrected chi connectivity index (χ1v) is 4.39. The number of hydrogen-bond acceptors (Lipinski definition) is 4. The first-order chi connectivity index (χ1) is 7.09. The van der Waals surface area contributed by atoms with E-state index in [1.165, 1.54) is 6.20 Å². The summed E-state index contributed by atoms with van der Waals surface area (Å²) in [7, 11) is 0. The molecule has 6 heteroatoms. The van der Waals surface area contributed by atoms with Crippen molar-refractivity contribution in [3.8, 4) is 0 Å². The number of aliphatic carboxylic acids is 1. The van der Waals surface area contributed by atoms with Crippen LogP contribution in [-0.2, 0) is 4.79 Å². The Bertz CT molecular complexity index is 520. The van der Waals surface area contributed by atoms with E-state index in [1.807, 2.05) is 0 Å². The Morgan fingerprint density at radius 3 is 3.07 bits per heavy atom. The fraction of sp³-hybridized carbons (Fsp3) is 0.222. The molecule has 6 nitrogen and oxygen atoms in total. The van der Waals surface area contributed by atoms with Gasteiger partial charge in [0.15, 0.2) is 5.65 Å². The lowest BCUT2D eigenvalue weighted by molar-refractivity contribution is -0.138. The van der Waals surface area contributed by atoms with Gasteiger partial charge in [-0.25, -0.2) is 9.97 Å². The topological polar surface area (TPSA) is 105 Å². The highest BCUT2D eigenvalue weighted by Crippen LogP contribution is 2.19. The molecule has 0 aromatic carbocycles. The van der Waals surface area contributed by atoms with E-state index in [4.69, 9.17) is 10.8 Å². The number of nitrogens with two attached hydrogens (primary N) is 1. The molecule has 1 atom stereocenters. The molecule has 15 heavy (non-hydrogen) atoms. The molecule has 0 saturated heterocycles. The summed E-state index contributed by atoms with van der Waals surface area (Å²) < 4.78 is 0. The first kappa shape index (κ1) is 9.60. The van der Waals surface area contributed by atoms with Gasteiger partial charge in [0.1, 0.15) is 11.9 Å². The quantitative estimate of drug-likeness (QED) is 0.657. The van der Waals surface area contributed by atoms with Gasteiger partial charge in [-0.3, -0.25) is 4.79 Å². The van der Waals surface area contributed by atoms with E-state index in [1.54, 1.807) is 13.0 Å². The van der Waals surface area contributed by atoms with Crippen LogP contribution in [0.15, 0.2) is 12.3 Å². The zero-order valence-electron chi connectivity index (χ0n) is 8.06. The van der Waals surface area contributed by atoms with Gasteiger partial charge in [-0.2, -0.15) is 0 Å². The molecule has 78 valence electrons. The number of hydrogen-bond donors (Lipinski definition) is 3. The SMILES string of the molecule is Cc1nc2nccc(C(N)C(=O)O)c2[nH]1. The number of rotatable bonds is 2. The number of nitrogens with one attached hydrogen (secondary N) is 1. The van der Waals surface area contributed by atoms with Gasteiger partial charge in [-0.15, -0.1) is 0 Å². The predicted molar refractivity (Wildman–Crippen MR) is 53.2 cm³/mol. The molecule has 0 bridgehead atoms. The Labute approximate surface area is 85.2 Å². The number of nitrogens with zero attached hydrogens (tertiary/aromatic N) is 2. The molecule has 0 spiro atoms. The number of carboxylic acids is 1. The van der Waals surface area contributed by atoms with Crippen LogP contribution in [0.3, 0.4) is 0 Å². The van der Waals surface area contributed by atoms with E-state index in [0.717, 1.165) is 0 Å². The Morgan fingerprint density at radius 2 is 2.40 bits per heavy atom. The number of aromatic amines is 1. The van der Waals surface area contributed by atoms with Crippen molar-refractivity contribution < 1.29 is 9.90 Å². The summed E-state index contributed by atoms with van der Waals surface area (Å²) >= 11 is 0. The summed E-state index contributed by atoms with van der Waals surface area (Å²) in [6.07, 6.45) is 1.50. The molecule has 2 heterocycles. The van der Waals surface area contributed by atoms with Crippen molar-refractivity contribution in [1.82, 2.24) is 15.0 Å². The number of imidazole rings is 1. The Balaban J connectivity index is 2.64. The molecule has 0 aliphatic rings. The highest BCUT2D eigenvalue weighted by molar-refractivity contribution is 5.84. The van der Waals surface area contributed by atoms with Crippen LogP contribution < -0.4 is 5.73 Å². The van der Waals surface area contributed by atoms with Crippen molar-refractivity contribution in [1.29, 1.82) is 0 Å². The van der Waals surface area contributed by atoms with E-state index >= 15 is 0 Å². The Kier molecular flexibility index (Phi) is 2.12. The van der Waals surface area contributed by atoms with Crippen molar-refractivity contribution in [3.63, 3.8) is 0 Å². The smallest absolute Gasteiger partial charge is 0.325 e. The van der Waals surface area contributed by atoms with Crippen molar-refractivity contribution in [2.24, 2.45) is 5.73 Å². The van der Waals surface area contributed by atoms with Gasteiger partial charge in [0.2, 0.25) is 0 Å². The summed E-state index contributed by atoms with van der Waals surface area (Å²) in [6.45, 7) is 1.78. The van der Waals surface area contributed by atoms with E-state index in [9.17, 15) is 4.79 Å². The van der Waals surface area contributed by atoms with Crippen LogP contribution in [0.2, 0.25) is 0 Å². The van der Waals surface area contributed by atoms with Crippen LogP contribution in [0.4, 0.5) is 0 Å². The summed E-state index contributed by atoms with van der Waals surface area (Å²) in [5, 5.41) is 8.82. The van der Waals surface area contributed by atoms with Crippen molar-refractivity contribution in [2.45, 2.75) is 13.0 Å². The molecule has 1 unspecified atom stereocenters. The predicted octanol–water partition coefficient (Wildman–Crippen LogP) is 0.351. The van der Waals surface area contributed by atoms with Crippen LogP contribution in [-0.4, -0.2) is 26.0 Å². The standard InChI is InChI=1S/C9H10N4O2/c1-4-12-7-5(6(10)9(14)15)2-3-11-8(7)13-4/h2-3,6H,10H2,1H3,(H,14,15)(H,11,12,13). The zero-order valence-corrected chi connectivity index (χ0v) is 8.06. The fourth-order valence-electron chi connectivity index (χ4n) is 1.44. The highest BCUT2D eigenvalue weighted by atomic mass is 16.4. The van der Waals surface area contributed by atoms with Gasteiger partial charge < -0.3 is 15.8 Å². The molecule has 0 radical (unpaired) electrons. The van der Waals surface area contributed by atoms with Gasteiger partial charge in [0.05, 0.1) is 5.52 Å². The third-order valence-corrected chi connectivity index (χ3v) is 2.14. The monoisotopic (exact) mass is 206 g/mol. The summed E-state index contributed by atoms with van der Waals surface area (Å²) in [5.41, 5.74) is 7.11. The van der Waals surface area contributed by atoms with Crippen LogP contribution >= 0.6 is 0 Å². The lowest BCUT2D eigenvalue weighted by atomic mass is 10.1. The van der Waals surface area contributed by atoms with E-state index in [0.29, 0.717) is 22.6 Å². The average molecular weight is 206 g/mol. The second-order valence-corrected chi connectivity index (χ2v) is 3.24. The van der Waals surface area contributed by atoms with Gasteiger partial charge in [0.25, 0.3) is 0 Å². The van der Waals surface area contributed by atoms with Gasteiger partial charge in [0, 0.05) is 11.8 Å². The molecule has 2 aromatic rings. The third-order valence-electron chi connectivity index (χ3n) is 2.14. The molecule has 0 saturated carbocycles. The van der Waals surface area contributed by atoms with E-state index < -0.39 is 12.0 Å². The van der Waals surface area contributed by atoms with E-state index in [2.05, 4.69) is 15.0 Å². The summed E-state index contributed by atoms with van der Waals surface area (Å²) in [4.78, 5) is 21.8. The van der Waals surface area contributed by atoms with Crippen LogP contribution in [0, 0.1) is 6.92 Å². The average Bonchev–Trinajstić information content (AvgIpc) is 2.56. The van der Waals surface area contributed by atoms with Crippen molar-refractivity contribution >= 4 is 17.1 Å². The minimum absolute atomic E-state index is 0.488. The number of pyridine rings is 1. The number of H-pyrrole nitrogens is 1. The third kappa shape index (κ3) is 1.55. The number of aryl methyl sites for hydroxylation is 1. The van der Waals surface area contributed by atoms with Gasteiger partial charge in [-0.05, 0) is 13.0 Å². The van der Waals surface area contributed by atoms with Crippen molar-refractivity contribution in [3.05, 3.63) is 23.7 Å². The molecule has 0 aliphatic carbocycles. The first-order valence-electron chi connectivity index (χ1n) is 4.39. The lowest BCUT2D eigenvalue weighted by Crippen LogP contribution is -2.21.